The van der Waals surface area contributed by atoms with Crippen LogP contribution in [0.1, 0.15) is 38.6 Å². The summed E-state index contributed by atoms with van der Waals surface area (Å²) >= 11 is 0. The Kier molecular flexibility index (Phi) is 4.51. The van der Waals surface area contributed by atoms with Gasteiger partial charge in [0.2, 0.25) is 0 Å². The minimum Gasteiger partial charge on any atom is -0.348 e. The molecule has 1 saturated heterocycles. The smallest absolute Gasteiger partial charge is 0.266 e. The number of pyridine rings is 1. The summed E-state index contributed by atoms with van der Waals surface area (Å²) in [5, 5.41) is 0. The predicted molar refractivity (Wildman–Crippen MR) is 104 cm³/mol. The molecular formula is C20H24F2N6. The van der Waals surface area contributed by atoms with Crippen LogP contribution < -0.4 is 4.90 Å². The first-order valence-electron chi connectivity index (χ1n) is 9.48. The molecule has 148 valence electrons. The van der Waals surface area contributed by atoms with Gasteiger partial charge >= 0.3 is 0 Å². The van der Waals surface area contributed by atoms with Crippen LogP contribution in [-0.4, -0.2) is 43.5 Å². The van der Waals surface area contributed by atoms with E-state index < -0.39 is 5.92 Å². The van der Waals surface area contributed by atoms with Crippen LogP contribution >= 0.6 is 0 Å². The van der Waals surface area contributed by atoms with E-state index in [2.05, 4.69) is 15.0 Å². The van der Waals surface area contributed by atoms with Crippen molar-refractivity contribution in [1.82, 2.24) is 24.5 Å². The molecule has 28 heavy (non-hydrogen) atoms. The summed E-state index contributed by atoms with van der Waals surface area (Å²) in [4.78, 5) is 19.7. The van der Waals surface area contributed by atoms with Crippen molar-refractivity contribution in [2.75, 3.05) is 18.0 Å². The van der Waals surface area contributed by atoms with Crippen molar-refractivity contribution in [2.45, 2.75) is 51.5 Å². The third kappa shape index (κ3) is 3.68. The monoisotopic (exact) mass is 386 g/mol. The summed E-state index contributed by atoms with van der Waals surface area (Å²) in [7, 11) is 0. The molecule has 0 atom stereocenters. The third-order valence-electron chi connectivity index (χ3n) is 4.95. The zero-order valence-electron chi connectivity index (χ0n) is 16.4. The first-order valence-corrected chi connectivity index (χ1v) is 9.48. The number of hydrogen-bond donors (Lipinski definition) is 0. The highest BCUT2D eigenvalue weighted by Crippen LogP contribution is 2.34. The van der Waals surface area contributed by atoms with Gasteiger partial charge in [-0.05, 0) is 18.1 Å². The normalized spacial score (nSPS) is 16.8. The second-order valence-electron chi connectivity index (χ2n) is 8.37. The van der Waals surface area contributed by atoms with E-state index in [4.69, 9.17) is 4.98 Å². The van der Waals surface area contributed by atoms with Gasteiger partial charge in [-0.3, -0.25) is 4.98 Å². The van der Waals surface area contributed by atoms with Crippen LogP contribution in [0.25, 0.3) is 11.2 Å². The molecule has 0 bridgehead atoms. The molecule has 0 N–H and O–H groups in total. The van der Waals surface area contributed by atoms with Crippen LogP contribution in [0, 0.1) is 0 Å². The highest BCUT2D eigenvalue weighted by Gasteiger charge is 2.40. The van der Waals surface area contributed by atoms with Crippen molar-refractivity contribution in [2.24, 2.45) is 0 Å². The van der Waals surface area contributed by atoms with Crippen molar-refractivity contribution < 1.29 is 8.78 Å². The standard InChI is InChI=1S/C20H24F2N6/c1-19(2,3)18-25-16(27-10-7-20(21,22)12-27)15-17(26-18)28(13-24-15)9-6-14-5-4-8-23-11-14/h4-5,8,11,13H,6-7,9-10,12H2,1-3H3. The molecule has 4 rings (SSSR count). The Balaban J connectivity index is 1.73. The van der Waals surface area contributed by atoms with Crippen LogP contribution in [0.4, 0.5) is 14.6 Å². The summed E-state index contributed by atoms with van der Waals surface area (Å²) in [6.07, 6.45) is 5.93. The molecule has 0 spiro atoms. The maximum Gasteiger partial charge on any atom is 0.266 e. The number of alkyl halides is 2. The molecule has 6 nitrogen and oxygen atoms in total. The summed E-state index contributed by atoms with van der Waals surface area (Å²) in [6, 6.07) is 3.94. The van der Waals surface area contributed by atoms with Crippen LogP contribution in [0.2, 0.25) is 0 Å². The first-order chi connectivity index (χ1) is 13.2. The summed E-state index contributed by atoms with van der Waals surface area (Å²) in [5.74, 6) is -1.55. The fraction of sp³-hybridized carbons (Fsp3) is 0.500. The molecule has 4 heterocycles. The molecule has 0 aromatic carbocycles. The largest absolute Gasteiger partial charge is 0.348 e. The SMILES string of the molecule is CC(C)(C)c1nc(N2CCC(F)(F)C2)c2ncn(CCc3cccnc3)c2n1. The molecule has 8 heteroatoms. The van der Waals surface area contributed by atoms with Gasteiger partial charge in [0.15, 0.2) is 17.0 Å². The molecule has 0 amide bonds. The van der Waals surface area contributed by atoms with Gasteiger partial charge in [-0.25, -0.2) is 23.7 Å². The number of hydrogen-bond acceptors (Lipinski definition) is 5. The maximum atomic E-state index is 13.8. The maximum absolute atomic E-state index is 13.8. The second kappa shape index (κ2) is 6.76. The summed E-state index contributed by atoms with van der Waals surface area (Å²) < 4.78 is 29.6. The van der Waals surface area contributed by atoms with Gasteiger partial charge in [-0.1, -0.05) is 26.8 Å². The molecule has 3 aromatic rings. The highest BCUT2D eigenvalue weighted by molar-refractivity contribution is 5.84. The van der Waals surface area contributed by atoms with E-state index in [1.807, 2.05) is 43.7 Å². The summed E-state index contributed by atoms with van der Waals surface area (Å²) in [6.45, 7) is 6.68. The Bertz CT molecular complexity index is 978. The van der Waals surface area contributed by atoms with E-state index in [1.165, 1.54) is 0 Å². The van der Waals surface area contributed by atoms with Gasteiger partial charge in [-0.2, -0.15) is 0 Å². The lowest BCUT2D eigenvalue weighted by Gasteiger charge is -2.22. The van der Waals surface area contributed by atoms with Gasteiger partial charge in [0.1, 0.15) is 5.82 Å². The Morgan fingerprint density at radius 2 is 2.04 bits per heavy atom. The molecule has 1 aliphatic rings. The van der Waals surface area contributed by atoms with E-state index in [0.29, 0.717) is 29.4 Å². The van der Waals surface area contributed by atoms with Gasteiger partial charge in [0.25, 0.3) is 5.92 Å². The minimum absolute atomic E-state index is 0.162. The van der Waals surface area contributed by atoms with Crippen LogP contribution in [0.5, 0.6) is 0 Å². The van der Waals surface area contributed by atoms with Crippen molar-refractivity contribution in [3.63, 3.8) is 0 Å². The van der Waals surface area contributed by atoms with Gasteiger partial charge in [0, 0.05) is 37.3 Å². The zero-order valence-corrected chi connectivity index (χ0v) is 16.4. The van der Waals surface area contributed by atoms with Crippen LogP contribution in [0.15, 0.2) is 30.9 Å². The third-order valence-corrected chi connectivity index (χ3v) is 4.95. The zero-order chi connectivity index (χ0) is 19.9. The molecular weight excluding hydrogens is 362 g/mol. The number of anilines is 1. The lowest BCUT2D eigenvalue weighted by molar-refractivity contribution is 0.0257. The Morgan fingerprint density at radius 1 is 1.21 bits per heavy atom. The average molecular weight is 386 g/mol. The quantitative estimate of drug-likeness (QED) is 0.686. The molecule has 0 unspecified atom stereocenters. The van der Waals surface area contributed by atoms with Crippen molar-refractivity contribution in [3.05, 3.63) is 42.2 Å². The van der Waals surface area contributed by atoms with Crippen LogP contribution in [-0.2, 0) is 18.4 Å². The average Bonchev–Trinajstić information content (AvgIpc) is 3.22. The molecule has 0 aliphatic carbocycles. The number of aromatic nitrogens is 5. The molecule has 0 saturated carbocycles. The van der Waals surface area contributed by atoms with Crippen molar-refractivity contribution in [3.8, 4) is 0 Å². The van der Waals surface area contributed by atoms with E-state index >= 15 is 0 Å². The fourth-order valence-corrected chi connectivity index (χ4v) is 3.36. The van der Waals surface area contributed by atoms with E-state index in [0.717, 1.165) is 12.0 Å². The topological polar surface area (TPSA) is 59.7 Å². The second-order valence-corrected chi connectivity index (χ2v) is 8.37. The first kappa shape index (κ1) is 18.7. The number of aryl methyl sites for hydroxylation is 2. The molecule has 3 aromatic heterocycles. The number of imidazole rings is 1. The lowest BCUT2D eigenvalue weighted by atomic mass is 9.96. The molecule has 1 aliphatic heterocycles. The van der Waals surface area contributed by atoms with Gasteiger partial charge in [0.05, 0.1) is 12.9 Å². The van der Waals surface area contributed by atoms with Crippen molar-refractivity contribution in [1.29, 1.82) is 0 Å². The van der Waals surface area contributed by atoms with E-state index in [1.54, 1.807) is 17.4 Å². The van der Waals surface area contributed by atoms with Crippen molar-refractivity contribution >= 4 is 17.0 Å². The van der Waals surface area contributed by atoms with Gasteiger partial charge < -0.3 is 9.47 Å². The van der Waals surface area contributed by atoms with Crippen LogP contribution in [0.3, 0.4) is 0 Å². The minimum atomic E-state index is -2.69. The number of rotatable bonds is 4. The molecule has 0 radical (unpaired) electrons. The highest BCUT2D eigenvalue weighted by atomic mass is 19.3. The van der Waals surface area contributed by atoms with E-state index in [9.17, 15) is 8.78 Å². The Morgan fingerprint density at radius 3 is 2.68 bits per heavy atom. The van der Waals surface area contributed by atoms with E-state index in [-0.39, 0.29) is 24.9 Å². The lowest BCUT2D eigenvalue weighted by Crippen LogP contribution is -2.27. The number of nitrogens with zero attached hydrogens (tertiary/aromatic N) is 6. The predicted octanol–water partition coefficient (Wildman–Crippen LogP) is 3.61. The Hall–Kier alpha value is -2.64. The number of halogens is 2. The Labute approximate surface area is 162 Å². The van der Waals surface area contributed by atoms with Gasteiger partial charge in [-0.15, -0.1) is 0 Å². The molecule has 1 fully saturated rings. The number of fused-ring (bicyclic) bond motifs is 1. The fourth-order valence-electron chi connectivity index (χ4n) is 3.36. The summed E-state index contributed by atoms with van der Waals surface area (Å²) in [5.41, 5.74) is 2.09.